The Morgan fingerprint density at radius 2 is 1.85 bits per heavy atom. The van der Waals surface area contributed by atoms with Crippen molar-refractivity contribution in [1.82, 2.24) is 4.98 Å². The molecule has 1 aliphatic rings. The average Bonchev–Trinajstić information content (AvgIpc) is 2.55. The van der Waals surface area contributed by atoms with Gasteiger partial charge >= 0.3 is 0 Å². The summed E-state index contributed by atoms with van der Waals surface area (Å²) >= 11 is 0. The van der Waals surface area contributed by atoms with Crippen LogP contribution in [0.5, 0.6) is 5.75 Å². The molecule has 0 spiro atoms. The van der Waals surface area contributed by atoms with Crippen LogP contribution in [0.4, 0.5) is 5.69 Å². The zero-order valence-corrected chi connectivity index (χ0v) is 11.0. The summed E-state index contributed by atoms with van der Waals surface area (Å²) < 4.78 is 5.97. The third-order valence-electron chi connectivity index (χ3n) is 3.66. The summed E-state index contributed by atoms with van der Waals surface area (Å²) in [7, 11) is 0. The van der Waals surface area contributed by atoms with Gasteiger partial charge in [-0.2, -0.15) is 0 Å². The highest BCUT2D eigenvalue weighted by molar-refractivity contribution is 5.86. The SMILES string of the molecule is c1ccc(N2COc3c(ccc4cccnc34)C2)cc1. The first-order chi connectivity index (χ1) is 9.92. The highest BCUT2D eigenvalue weighted by atomic mass is 16.5. The Morgan fingerprint density at radius 1 is 0.950 bits per heavy atom. The molecule has 2 aromatic carbocycles. The lowest BCUT2D eigenvalue weighted by Gasteiger charge is -2.31. The molecule has 0 atom stereocenters. The molecule has 20 heavy (non-hydrogen) atoms. The lowest BCUT2D eigenvalue weighted by atomic mass is 10.1. The van der Waals surface area contributed by atoms with Crippen LogP contribution in [0.25, 0.3) is 10.9 Å². The Labute approximate surface area is 117 Å². The van der Waals surface area contributed by atoms with E-state index in [0.717, 1.165) is 23.2 Å². The number of benzene rings is 2. The molecule has 3 nitrogen and oxygen atoms in total. The van der Waals surface area contributed by atoms with Crippen LogP contribution in [0.2, 0.25) is 0 Å². The fraction of sp³-hybridized carbons (Fsp3) is 0.118. The molecule has 0 amide bonds. The topological polar surface area (TPSA) is 25.4 Å². The van der Waals surface area contributed by atoms with Crippen LogP contribution >= 0.6 is 0 Å². The quantitative estimate of drug-likeness (QED) is 0.670. The zero-order valence-electron chi connectivity index (χ0n) is 11.0. The molecule has 2 heterocycles. The molecule has 0 unspecified atom stereocenters. The Bertz CT molecular complexity index is 755. The van der Waals surface area contributed by atoms with E-state index in [1.54, 1.807) is 0 Å². The monoisotopic (exact) mass is 262 g/mol. The van der Waals surface area contributed by atoms with E-state index < -0.39 is 0 Å². The number of aromatic nitrogens is 1. The summed E-state index contributed by atoms with van der Waals surface area (Å²) in [5.74, 6) is 0.926. The summed E-state index contributed by atoms with van der Waals surface area (Å²) in [5.41, 5.74) is 3.32. The first-order valence-corrected chi connectivity index (χ1v) is 6.71. The molecule has 98 valence electrons. The maximum atomic E-state index is 5.97. The van der Waals surface area contributed by atoms with Crippen molar-refractivity contribution in [3.8, 4) is 5.75 Å². The van der Waals surface area contributed by atoms with E-state index in [1.807, 2.05) is 30.5 Å². The van der Waals surface area contributed by atoms with E-state index in [-0.39, 0.29) is 0 Å². The van der Waals surface area contributed by atoms with Crippen molar-refractivity contribution in [1.29, 1.82) is 0 Å². The van der Waals surface area contributed by atoms with Gasteiger partial charge in [-0.1, -0.05) is 36.4 Å². The van der Waals surface area contributed by atoms with Gasteiger partial charge in [-0.25, -0.2) is 0 Å². The van der Waals surface area contributed by atoms with E-state index in [1.165, 1.54) is 11.3 Å². The summed E-state index contributed by atoms with van der Waals surface area (Å²) in [6.45, 7) is 1.42. The van der Waals surface area contributed by atoms with Gasteiger partial charge in [-0.15, -0.1) is 0 Å². The molecule has 1 aliphatic heterocycles. The largest absolute Gasteiger partial charge is 0.470 e. The Kier molecular flexibility index (Phi) is 2.56. The van der Waals surface area contributed by atoms with Gasteiger partial charge in [0.25, 0.3) is 0 Å². The number of nitrogens with zero attached hydrogens (tertiary/aromatic N) is 2. The predicted molar refractivity (Wildman–Crippen MR) is 79.9 cm³/mol. The fourth-order valence-corrected chi connectivity index (χ4v) is 2.64. The Balaban J connectivity index is 1.75. The third-order valence-corrected chi connectivity index (χ3v) is 3.66. The number of rotatable bonds is 1. The van der Waals surface area contributed by atoms with Crippen molar-refractivity contribution in [3.63, 3.8) is 0 Å². The zero-order chi connectivity index (χ0) is 13.4. The summed E-state index contributed by atoms with van der Waals surface area (Å²) in [5, 5.41) is 1.12. The highest BCUT2D eigenvalue weighted by Crippen LogP contribution is 2.33. The van der Waals surface area contributed by atoms with Gasteiger partial charge in [-0.3, -0.25) is 4.98 Å². The van der Waals surface area contributed by atoms with Gasteiger partial charge in [0.05, 0.1) is 0 Å². The smallest absolute Gasteiger partial charge is 0.161 e. The number of hydrogen-bond donors (Lipinski definition) is 0. The Morgan fingerprint density at radius 3 is 2.75 bits per heavy atom. The molecular weight excluding hydrogens is 248 g/mol. The van der Waals surface area contributed by atoms with Gasteiger partial charge in [0.15, 0.2) is 12.5 Å². The fourth-order valence-electron chi connectivity index (χ4n) is 2.64. The van der Waals surface area contributed by atoms with Crippen molar-refractivity contribution < 1.29 is 4.74 Å². The van der Waals surface area contributed by atoms with Crippen LogP contribution in [0, 0.1) is 0 Å². The molecule has 0 aliphatic carbocycles. The molecule has 0 bridgehead atoms. The minimum atomic E-state index is 0.562. The van der Waals surface area contributed by atoms with Gasteiger partial charge < -0.3 is 9.64 Å². The highest BCUT2D eigenvalue weighted by Gasteiger charge is 2.20. The van der Waals surface area contributed by atoms with E-state index in [0.29, 0.717) is 6.73 Å². The van der Waals surface area contributed by atoms with Crippen LogP contribution in [0.1, 0.15) is 5.56 Å². The maximum absolute atomic E-state index is 5.97. The number of pyridine rings is 1. The summed E-state index contributed by atoms with van der Waals surface area (Å²) in [4.78, 5) is 6.67. The molecule has 0 fully saturated rings. The second kappa shape index (κ2) is 4.53. The molecule has 0 radical (unpaired) electrons. The van der Waals surface area contributed by atoms with Crippen LogP contribution in [0.15, 0.2) is 60.8 Å². The maximum Gasteiger partial charge on any atom is 0.161 e. The van der Waals surface area contributed by atoms with E-state index in [2.05, 4.69) is 40.2 Å². The third kappa shape index (κ3) is 1.79. The lowest BCUT2D eigenvalue weighted by molar-refractivity contribution is 0.292. The number of ether oxygens (including phenoxy) is 1. The van der Waals surface area contributed by atoms with E-state index >= 15 is 0 Å². The van der Waals surface area contributed by atoms with Gasteiger partial charge in [0.2, 0.25) is 0 Å². The molecule has 3 heteroatoms. The average molecular weight is 262 g/mol. The van der Waals surface area contributed by atoms with Crippen molar-refractivity contribution in [2.75, 3.05) is 11.6 Å². The van der Waals surface area contributed by atoms with Crippen LogP contribution in [-0.4, -0.2) is 11.7 Å². The van der Waals surface area contributed by atoms with Crippen molar-refractivity contribution in [2.24, 2.45) is 0 Å². The van der Waals surface area contributed by atoms with Gasteiger partial charge in [-0.05, 0) is 18.2 Å². The molecule has 0 saturated carbocycles. The molecule has 0 saturated heterocycles. The number of anilines is 1. The Hall–Kier alpha value is -2.55. The van der Waals surface area contributed by atoms with Crippen LogP contribution < -0.4 is 9.64 Å². The second-order valence-electron chi connectivity index (χ2n) is 4.94. The van der Waals surface area contributed by atoms with Crippen LogP contribution in [0.3, 0.4) is 0 Å². The number of fused-ring (bicyclic) bond motifs is 3. The first kappa shape index (κ1) is 11.3. The number of para-hydroxylation sites is 1. The van der Waals surface area contributed by atoms with Crippen molar-refractivity contribution in [3.05, 3.63) is 66.4 Å². The molecule has 4 rings (SSSR count). The number of hydrogen-bond acceptors (Lipinski definition) is 3. The van der Waals surface area contributed by atoms with Gasteiger partial charge in [0, 0.05) is 29.4 Å². The predicted octanol–water partition coefficient (Wildman–Crippen LogP) is 3.59. The molecular formula is C17H14N2O. The van der Waals surface area contributed by atoms with Crippen LogP contribution in [-0.2, 0) is 6.54 Å². The molecule has 3 aromatic rings. The molecule has 1 aromatic heterocycles. The summed E-state index contributed by atoms with van der Waals surface area (Å²) in [6, 6.07) is 18.6. The minimum absolute atomic E-state index is 0.562. The van der Waals surface area contributed by atoms with E-state index in [4.69, 9.17) is 4.74 Å². The standard InChI is InChI=1S/C17H14N2O/c1-2-6-15(7-3-1)19-11-14-9-8-13-5-4-10-18-16(13)17(14)20-12-19/h1-10H,11-12H2. The van der Waals surface area contributed by atoms with Crippen molar-refractivity contribution in [2.45, 2.75) is 6.54 Å². The summed E-state index contributed by atoms with van der Waals surface area (Å²) in [6.07, 6.45) is 1.82. The van der Waals surface area contributed by atoms with Gasteiger partial charge in [0.1, 0.15) is 5.52 Å². The normalized spacial score (nSPS) is 13.9. The first-order valence-electron chi connectivity index (χ1n) is 6.71. The van der Waals surface area contributed by atoms with Crippen molar-refractivity contribution >= 4 is 16.6 Å². The minimum Gasteiger partial charge on any atom is -0.470 e. The van der Waals surface area contributed by atoms with E-state index in [9.17, 15) is 0 Å². The molecule has 0 N–H and O–H groups in total. The lowest BCUT2D eigenvalue weighted by Crippen LogP contribution is -2.31. The second-order valence-corrected chi connectivity index (χ2v) is 4.94.